The monoisotopic (exact) mass is 195 g/mol. The van der Waals surface area contributed by atoms with E-state index in [4.69, 9.17) is 10.5 Å². The molecule has 0 fully saturated rings. The van der Waals surface area contributed by atoms with Crippen molar-refractivity contribution in [1.29, 1.82) is 0 Å². The van der Waals surface area contributed by atoms with Crippen molar-refractivity contribution in [2.75, 3.05) is 14.2 Å². The highest BCUT2D eigenvalue weighted by atomic mass is 16.5. The van der Waals surface area contributed by atoms with Crippen LogP contribution in [0.15, 0.2) is 24.3 Å². The number of carbonyl (C=O) groups excluding carboxylic acids is 1. The van der Waals surface area contributed by atoms with Crippen LogP contribution in [0.25, 0.3) is 0 Å². The number of hydrogen-bond acceptors (Lipinski definition) is 4. The second-order valence-electron chi connectivity index (χ2n) is 2.78. The van der Waals surface area contributed by atoms with Crippen LogP contribution in [0.3, 0.4) is 0 Å². The number of hydrogen-bond donors (Lipinski definition) is 1. The molecule has 0 aliphatic carbocycles. The van der Waals surface area contributed by atoms with Gasteiger partial charge in [-0.3, -0.25) is 4.79 Å². The molecule has 0 saturated carbocycles. The average molecular weight is 195 g/mol. The maximum atomic E-state index is 11.1. The lowest BCUT2D eigenvalue weighted by Crippen LogP contribution is -2.22. The predicted octanol–water partition coefficient (Wildman–Crippen LogP) is 0.868. The molecule has 0 aromatic heterocycles. The van der Waals surface area contributed by atoms with Crippen molar-refractivity contribution >= 4 is 5.97 Å². The van der Waals surface area contributed by atoms with Gasteiger partial charge in [-0.15, -0.1) is 0 Å². The molecule has 1 unspecified atom stereocenters. The highest BCUT2D eigenvalue weighted by Crippen LogP contribution is 2.18. The van der Waals surface area contributed by atoms with Gasteiger partial charge in [0.15, 0.2) is 0 Å². The molecule has 0 heterocycles. The van der Waals surface area contributed by atoms with Crippen LogP contribution in [-0.4, -0.2) is 20.2 Å². The molecule has 0 radical (unpaired) electrons. The fraction of sp³-hybridized carbons (Fsp3) is 0.300. The Balaban J connectivity index is 2.89. The minimum absolute atomic E-state index is 0.460. The van der Waals surface area contributed by atoms with Gasteiger partial charge in [0.1, 0.15) is 11.8 Å². The molecule has 76 valence electrons. The standard InChI is InChI=1S/C10H13NO3/c1-13-8-5-3-4-7(6-8)9(11)10(12)14-2/h3-6,9H,11H2,1-2H3. The van der Waals surface area contributed by atoms with Gasteiger partial charge in [0, 0.05) is 0 Å². The molecule has 0 amide bonds. The minimum Gasteiger partial charge on any atom is -0.497 e. The van der Waals surface area contributed by atoms with Crippen molar-refractivity contribution in [2.45, 2.75) is 6.04 Å². The van der Waals surface area contributed by atoms with E-state index in [0.29, 0.717) is 11.3 Å². The fourth-order valence-electron chi connectivity index (χ4n) is 1.10. The summed E-state index contributed by atoms with van der Waals surface area (Å²) in [6.07, 6.45) is 0. The topological polar surface area (TPSA) is 61.5 Å². The van der Waals surface area contributed by atoms with E-state index in [1.54, 1.807) is 31.4 Å². The van der Waals surface area contributed by atoms with Gasteiger partial charge in [-0.25, -0.2) is 0 Å². The maximum absolute atomic E-state index is 11.1. The van der Waals surface area contributed by atoms with Crippen LogP contribution in [0.2, 0.25) is 0 Å². The highest BCUT2D eigenvalue weighted by Gasteiger charge is 2.16. The Morgan fingerprint density at radius 2 is 2.14 bits per heavy atom. The van der Waals surface area contributed by atoms with Crippen LogP contribution in [0, 0.1) is 0 Å². The van der Waals surface area contributed by atoms with E-state index in [0.717, 1.165) is 0 Å². The molecule has 1 aromatic rings. The summed E-state index contributed by atoms with van der Waals surface area (Å²) in [7, 11) is 2.87. The summed E-state index contributed by atoms with van der Waals surface area (Å²) in [5, 5.41) is 0. The van der Waals surface area contributed by atoms with E-state index < -0.39 is 12.0 Å². The third-order valence-electron chi connectivity index (χ3n) is 1.91. The van der Waals surface area contributed by atoms with Gasteiger partial charge in [-0.05, 0) is 17.7 Å². The van der Waals surface area contributed by atoms with E-state index in [2.05, 4.69) is 4.74 Å². The molecule has 1 atom stereocenters. The van der Waals surface area contributed by atoms with E-state index in [1.807, 2.05) is 0 Å². The molecule has 4 heteroatoms. The first-order chi connectivity index (χ1) is 6.69. The molecule has 0 bridgehead atoms. The Kier molecular flexibility index (Phi) is 3.48. The maximum Gasteiger partial charge on any atom is 0.327 e. The first kappa shape index (κ1) is 10.5. The molecule has 0 aliphatic rings. The largest absolute Gasteiger partial charge is 0.497 e. The zero-order valence-electron chi connectivity index (χ0n) is 8.19. The molecule has 0 aliphatic heterocycles. The Morgan fingerprint density at radius 3 is 2.71 bits per heavy atom. The van der Waals surface area contributed by atoms with Crippen LogP contribution in [0.1, 0.15) is 11.6 Å². The average Bonchev–Trinajstić information content (AvgIpc) is 2.27. The zero-order chi connectivity index (χ0) is 10.6. The molecule has 1 aromatic carbocycles. The number of nitrogens with two attached hydrogens (primary N) is 1. The summed E-state index contributed by atoms with van der Waals surface area (Å²) < 4.78 is 9.55. The van der Waals surface area contributed by atoms with Crippen LogP contribution in [0.5, 0.6) is 5.75 Å². The van der Waals surface area contributed by atoms with Gasteiger partial charge < -0.3 is 15.2 Å². The van der Waals surface area contributed by atoms with E-state index >= 15 is 0 Å². The van der Waals surface area contributed by atoms with Crippen LogP contribution in [-0.2, 0) is 9.53 Å². The molecule has 14 heavy (non-hydrogen) atoms. The summed E-state index contributed by atoms with van der Waals surface area (Å²) in [4.78, 5) is 11.1. The van der Waals surface area contributed by atoms with E-state index in [-0.39, 0.29) is 0 Å². The molecule has 0 spiro atoms. The zero-order valence-corrected chi connectivity index (χ0v) is 8.19. The van der Waals surface area contributed by atoms with E-state index in [1.165, 1.54) is 7.11 Å². The Labute approximate surface area is 82.6 Å². The quantitative estimate of drug-likeness (QED) is 0.727. The Bertz CT molecular complexity index is 325. The second kappa shape index (κ2) is 4.62. The van der Waals surface area contributed by atoms with Crippen molar-refractivity contribution in [2.24, 2.45) is 5.73 Å². The number of rotatable bonds is 3. The van der Waals surface area contributed by atoms with Crippen molar-refractivity contribution in [3.63, 3.8) is 0 Å². The van der Waals surface area contributed by atoms with Gasteiger partial charge >= 0.3 is 5.97 Å². The van der Waals surface area contributed by atoms with Gasteiger partial charge in [0.25, 0.3) is 0 Å². The van der Waals surface area contributed by atoms with Gasteiger partial charge in [-0.1, -0.05) is 12.1 Å². The number of carbonyl (C=O) groups is 1. The molecule has 2 N–H and O–H groups in total. The van der Waals surface area contributed by atoms with Crippen molar-refractivity contribution in [3.8, 4) is 5.75 Å². The molecular weight excluding hydrogens is 182 g/mol. The third kappa shape index (κ3) is 2.23. The summed E-state index contributed by atoms with van der Waals surface area (Å²) in [5.41, 5.74) is 6.32. The summed E-state index contributed by atoms with van der Waals surface area (Å²) in [6.45, 7) is 0. The van der Waals surface area contributed by atoms with Gasteiger partial charge in [-0.2, -0.15) is 0 Å². The number of methoxy groups -OCH3 is 2. The summed E-state index contributed by atoms with van der Waals surface area (Å²) in [5.74, 6) is 0.208. The number of benzene rings is 1. The SMILES string of the molecule is COC(=O)C(N)c1cccc(OC)c1. The van der Waals surface area contributed by atoms with Gasteiger partial charge in [0.05, 0.1) is 14.2 Å². The normalized spacial score (nSPS) is 11.9. The third-order valence-corrected chi connectivity index (χ3v) is 1.91. The number of esters is 1. The Morgan fingerprint density at radius 1 is 1.43 bits per heavy atom. The molecule has 1 rings (SSSR count). The highest BCUT2D eigenvalue weighted by molar-refractivity contribution is 5.77. The lowest BCUT2D eigenvalue weighted by molar-refractivity contribution is -0.142. The summed E-state index contributed by atoms with van der Waals surface area (Å²) >= 11 is 0. The lowest BCUT2D eigenvalue weighted by Gasteiger charge is -2.10. The van der Waals surface area contributed by atoms with Gasteiger partial charge in [0.2, 0.25) is 0 Å². The van der Waals surface area contributed by atoms with Crippen LogP contribution >= 0.6 is 0 Å². The van der Waals surface area contributed by atoms with Crippen LogP contribution in [0.4, 0.5) is 0 Å². The van der Waals surface area contributed by atoms with Crippen molar-refractivity contribution in [3.05, 3.63) is 29.8 Å². The first-order valence-electron chi connectivity index (χ1n) is 4.16. The molecule has 0 saturated heterocycles. The van der Waals surface area contributed by atoms with Crippen LogP contribution < -0.4 is 10.5 Å². The van der Waals surface area contributed by atoms with Crippen molar-refractivity contribution in [1.82, 2.24) is 0 Å². The Hall–Kier alpha value is -1.55. The van der Waals surface area contributed by atoms with E-state index in [9.17, 15) is 4.79 Å². The molecular formula is C10H13NO3. The second-order valence-corrected chi connectivity index (χ2v) is 2.78. The minimum atomic E-state index is -0.755. The fourth-order valence-corrected chi connectivity index (χ4v) is 1.10. The van der Waals surface area contributed by atoms with Crippen molar-refractivity contribution < 1.29 is 14.3 Å². The first-order valence-corrected chi connectivity index (χ1v) is 4.16. The molecule has 4 nitrogen and oxygen atoms in total. The lowest BCUT2D eigenvalue weighted by atomic mass is 10.1. The number of ether oxygens (including phenoxy) is 2. The predicted molar refractivity (Wildman–Crippen MR) is 51.9 cm³/mol. The summed E-state index contributed by atoms with van der Waals surface area (Å²) in [6, 6.07) is 6.27. The smallest absolute Gasteiger partial charge is 0.327 e.